The molecule has 6 heteroatoms. The van der Waals surface area contributed by atoms with Crippen molar-refractivity contribution in [1.29, 1.82) is 0 Å². The Kier molecular flexibility index (Phi) is 6.45. The van der Waals surface area contributed by atoms with Crippen LogP contribution in [0.2, 0.25) is 0 Å². The monoisotopic (exact) mass is 373 g/mol. The zero-order chi connectivity index (χ0) is 19.3. The first-order valence-corrected chi connectivity index (χ1v) is 10.3. The van der Waals surface area contributed by atoms with Gasteiger partial charge in [0, 0.05) is 17.0 Å². The molecule has 0 saturated heterocycles. The predicted octanol–water partition coefficient (Wildman–Crippen LogP) is 2.60. The predicted molar refractivity (Wildman–Crippen MR) is 102 cm³/mol. The highest BCUT2D eigenvalue weighted by atomic mass is 32.2. The van der Waals surface area contributed by atoms with E-state index in [1.54, 1.807) is 62.4 Å². The Bertz CT molecular complexity index is 872. The number of carbonyl (C=O) groups is 2. The van der Waals surface area contributed by atoms with Crippen molar-refractivity contribution in [2.24, 2.45) is 5.92 Å². The molecule has 0 amide bonds. The highest BCUT2D eigenvalue weighted by Crippen LogP contribution is 2.14. The average Bonchev–Trinajstić information content (AvgIpc) is 2.60. The molecule has 2 aromatic carbocycles. The normalized spacial score (nSPS) is 12.8. The summed E-state index contributed by atoms with van der Waals surface area (Å²) in [4.78, 5) is 24.7. The lowest BCUT2D eigenvalue weighted by molar-refractivity contribution is -0.123. The summed E-state index contributed by atoms with van der Waals surface area (Å²) in [5, 5.41) is 0. The molecule has 0 saturated carbocycles. The molecule has 2 aromatic rings. The highest BCUT2D eigenvalue weighted by Gasteiger charge is 2.24. The van der Waals surface area contributed by atoms with Crippen molar-refractivity contribution >= 4 is 21.6 Å². The number of nitrogens with one attached hydrogen (secondary N) is 1. The SMILES string of the molecule is CC(C)C(=O)C(Cc1ccc(C(=O)c2ccccc2)cc1)NS(C)(=O)=O. The summed E-state index contributed by atoms with van der Waals surface area (Å²) in [7, 11) is -3.50. The molecule has 0 aliphatic heterocycles. The van der Waals surface area contributed by atoms with Crippen molar-refractivity contribution < 1.29 is 18.0 Å². The molecule has 0 radical (unpaired) electrons. The fourth-order valence-electron chi connectivity index (χ4n) is 2.65. The molecule has 1 unspecified atom stereocenters. The van der Waals surface area contributed by atoms with E-state index in [0.29, 0.717) is 11.1 Å². The maximum Gasteiger partial charge on any atom is 0.209 e. The Morgan fingerprint density at radius 1 is 0.923 bits per heavy atom. The summed E-state index contributed by atoms with van der Waals surface area (Å²) >= 11 is 0. The lowest BCUT2D eigenvalue weighted by Crippen LogP contribution is -2.43. The second-order valence-electron chi connectivity index (χ2n) is 6.60. The van der Waals surface area contributed by atoms with Crippen molar-refractivity contribution in [1.82, 2.24) is 4.72 Å². The van der Waals surface area contributed by atoms with Crippen molar-refractivity contribution in [2.45, 2.75) is 26.3 Å². The Morgan fingerprint density at radius 3 is 1.96 bits per heavy atom. The molecule has 26 heavy (non-hydrogen) atoms. The van der Waals surface area contributed by atoms with E-state index in [-0.39, 0.29) is 23.9 Å². The van der Waals surface area contributed by atoms with Crippen LogP contribution in [0.25, 0.3) is 0 Å². The van der Waals surface area contributed by atoms with Crippen LogP contribution in [0.3, 0.4) is 0 Å². The highest BCUT2D eigenvalue weighted by molar-refractivity contribution is 7.88. The van der Waals surface area contributed by atoms with Gasteiger partial charge in [0.25, 0.3) is 0 Å². The van der Waals surface area contributed by atoms with Crippen LogP contribution in [0.15, 0.2) is 54.6 Å². The summed E-state index contributed by atoms with van der Waals surface area (Å²) in [6, 6.07) is 15.0. The van der Waals surface area contributed by atoms with Crippen molar-refractivity contribution in [3.63, 3.8) is 0 Å². The Hall–Kier alpha value is -2.31. The molecule has 0 aliphatic carbocycles. The molecule has 138 valence electrons. The zero-order valence-electron chi connectivity index (χ0n) is 15.1. The van der Waals surface area contributed by atoms with E-state index in [1.165, 1.54) is 0 Å². The number of Topliss-reactive ketones (excluding diaryl/α,β-unsaturated/α-hetero) is 1. The summed E-state index contributed by atoms with van der Waals surface area (Å²) in [6.07, 6.45) is 1.28. The van der Waals surface area contributed by atoms with E-state index in [9.17, 15) is 18.0 Å². The molecule has 0 heterocycles. The maximum absolute atomic E-state index is 12.4. The number of sulfonamides is 1. The Balaban J connectivity index is 2.18. The van der Waals surface area contributed by atoms with Gasteiger partial charge in [0.2, 0.25) is 10.0 Å². The quantitative estimate of drug-likeness (QED) is 0.721. The minimum absolute atomic E-state index is 0.0822. The van der Waals surface area contributed by atoms with Crippen LogP contribution in [-0.4, -0.2) is 32.3 Å². The van der Waals surface area contributed by atoms with Crippen LogP contribution < -0.4 is 4.72 Å². The van der Waals surface area contributed by atoms with E-state index in [4.69, 9.17) is 0 Å². The molecular weight excluding hydrogens is 350 g/mol. The van der Waals surface area contributed by atoms with Crippen LogP contribution in [0, 0.1) is 5.92 Å². The minimum Gasteiger partial charge on any atom is -0.298 e. The fraction of sp³-hybridized carbons (Fsp3) is 0.300. The van der Waals surface area contributed by atoms with Gasteiger partial charge in [0.05, 0.1) is 12.3 Å². The van der Waals surface area contributed by atoms with Crippen LogP contribution in [0.1, 0.15) is 35.3 Å². The number of hydrogen-bond donors (Lipinski definition) is 1. The first-order valence-electron chi connectivity index (χ1n) is 8.37. The third kappa shape index (κ3) is 5.61. The van der Waals surface area contributed by atoms with E-state index >= 15 is 0 Å². The van der Waals surface area contributed by atoms with Crippen LogP contribution in [0.4, 0.5) is 0 Å². The zero-order valence-corrected chi connectivity index (χ0v) is 15.9. The lowest BCUT2D eigenvalue weighted by Gasteiger charge is -2.18. The van der Waals surface area contributed by atoms with Crippen LogP contribution >= 0.6 is 0 Å². The molecule has 0 spiro atoms. The molecule has 1 atom stereocenters. The third-order valence-corrected chi connectivity index (χ3v) is 4.67. The smallest absolute Gasteiger partial charge is 0.209 e. The van der Waals surface area contributed by atoms with E-state index in [1.807, 2.05) is 6.07 Å². The van der Waals surface area contributed by atoms with E-state index in [2.05, 4.69) is 4.72 Å². The average molecular weight is 373 g/mol. The van der Waals surface area contributed by atoms with Gasteiger partial charge in [-0.05, 0) is 12.0 Å². The van der Waals surface area contributed by atoms with Crippen molar-refractivity contribution in [3.8, 4) is 0 Å². The summed E-state index contributed by atoms with van der Waals surface area (Å²) in [6.45, 7) is 3.47. The minimum atomic E-state index is -3.50. The van der Waals surface area contributed by atoms with Gasteiger partial charge in [-0.25, -0.2) is 13.1 Å². The van der Waals surface area contributed by atoms with Crippen LogP contribution in [-0.2, 0) is 21.2 Å². The molecule has 2 rings (SSSR count). The van der Waals surface area contributed by atoms with Gasteiger partial charge in [0.15, 0.2) is 11.6 Å². The molecule has 5 nitrogen and oxygen atoms in total. The Labute approximate surface area is 154 Å². The van der Waals surface area contributed by atoms with Crippen LogP contribution in [0.5, 0.6) is 0 Å². The number of hydrogen-bond acceptors (Lipinski definition) is 4. The van der Waals surface area contributed by atoms with E-state index in [0.717, 1.165) is 11.8 Å². The number of benzene rings is 2. The number of carbonyl (C=O) groups excluding carboxylic acids is 2. The number of ketones is 2. The van der Waals surface area contributed by atoms with Gasteiger partial charge in [0.1, 0.15) is 0 Å². The molecule has 1 N–H and O–H groups in total. The van der Waals surface area contributed by atoms with Gasteiger partial charge >= 0.3 is 0 Å². The van der Waals surface area contributed by atoms with Gasteiger partial charge < -0.3 is 0 Å². The topological polar surface area (TPSA) is 80.3 Å². The lowest BCUT2D eigenvalue weighted by atomic mass is 9.95. The second-order valence-corrected chi connectivity index (χ2v) is 8.38. The third-order valence-electron chi connectivity index (χ3n) is 3.96. The fourth-order valence-corrected chi connectivity index (χ4v) is 3.36. The first-order chi connectivity index (χ1) is 12.2. The van der Waals surface area contributed by atoms with Crippen molar-refractivity contribution in [3.05, 3.63) is 71.3 Å². The number of rotatable bonds is 8. The largest absolute Gasteiger partial charge is 0.298 e. The molecule has 0 fully saturated rings. The summed E-state index contributed by atoms with van der Waals surface area (Å²) in [5.41, 5.74) is 1.93. The first kappa shape index (κ1) is 20.0. The molecule has 0 bridgehead atoms. The molecule has 0 aromatic heterocycles. The summed E-state index contributed by atoms with van der Waals surface area (Å²) in [5.74, 6) is -0.533. The molecule has 0 aliphatic rings. The van der Waals surface area contributed by atoms with Gasteiger partial charge in [-0.15, -0.1) is 0 Å². The van der Waals surface area contributed by atoms with E-state index < -0.39 is 16.1 Å². The maximum atomic E-state index is 12.4. The van der Waals surface area contributed by atoms with Crippen molar-refractivity contribution in [2.75, 3.05) is 6.26 Å². The van der Waals surface area contributed by atoms with Gasteiger partial charge in [-0.2, -0.15) is 0 Å². The molecular formula is C20H23NO4S. The second kappa shape index (κ2) is 8.38. The van der Waals surface area contributed by atoms with Gasteiger partial charge in [-0.3, -0.25) is 9.59 Å². The summed E-state index contributed by atoms with van der Waals surface area (Å²) < 4.78 is 25.5. The Morgan fingerprint density at radius 2 is 1.46 bits per heavy atom. The van der Waals surface area contributed by atoms with Gasteiger partial charge in [-0.1, -0.05) is 68.4 Å². The standard InChI is InChI=1S/C20H23NO4S/c1-14(2)19(22)18(21-26(3,24)25)13-15-9-11-17(12-10-15)20(23)16-7-5-4-6-8-16/h4-12,14,18,21H,13H2,1-3H3.